The summed E-state index contributed by atoms with van der Waals surface area (Å²) in [6.07, 6.45) is 5.41. The summed E-state index contributed by atoms with van der Waals surface area (Å²) in [4.78, 5) is 29.6. The molecule has 0 spiro atoms. The predicted octanol–water partition coefficient (Wildman–Crippen LogP) is 4.77. The molecule has 3 aromatic carbocycles. The first-order valence-corrected chi connectivity index (χ1v) is 15.7. The van der Waals surface area contributed by atoms with Gasteiger partial charge in [0, 0.05) is 19.0 Å². The normalized spacial score (nSPS) is 14.5. The molecule has 1 N–H and O–H groups in total. The Morgan fingerprint density at radius 1 is 0.875 bits per heavy atom. The van der Waals surface area contributed by atoms with Crippen molar-refractivity contribution in [1.82, 2.24) is 10.2 Å². The number of rotatable bonds is 11. The number of hydrogen-bond acceptors (Lipinski definition) is 4. The molecule has 8 heteroatoms. The van der Waals surface area contributed by atoms with Gasteiger partial charge in [-0.2, -0.15) is 0 Å². The first-order valence-electron chi connectivity index (χ1n) is 13.8. The summed E-state index contributed by atoms with van der Waals surface area (Å²) in [7, 11) is -3.80. The Balaban J connectivity index is 1.73. The molecule has 0 unspecified atom stereocenters. The van der Waals surface area contributed by atoms with Crippen LogP contribution in [-0.4, -0.2) is 50.0 Å². The van der Waals surface area contributed by atoms with Gasteiger partial charge in [0.15, 0.2) is 0 Å². The molecule has 4 rings (SSSR count). The molecule has 2 amide bonds. The minimum absolute atomic E-state index is 0.0851. The van der Waals surface area contributed by atoms with Crippen LogP contribution in [-0.2, 0) is 32.6 Å². The molecule has 0 radical (unpaired) electrons. The summed E-state index contributed by atoms with van der Waals surface area (Å²) in [5.41, 5.74) is 3.97. The van der Waals surface area contributed by atoms with Gasteiger partial charge in [-0.05, 0) is 55.0 Å². The Labute approximate surface area is 238 Å². The highest BCUT2D eigenvalue weighted by Crippen LogP contribution is 2.26. The molecular formula is C32H39N3O4S. The summed E-state index contributed by atoms with van der Waals surface area (Å²) in [6.45, 7) is 3.53. The van der Waals surface area contributed by atoms with E-state index in [1.54, 1.807) is 17.0 Å². The molecule has 0 saturated heterocycles. The van der Waals surface area contributed by atoms with Crippen LogP contribution in [0.2, 0.25) is 0 Å². The number of hydrogen-bond donors (Lipinski definition) is 1. The highest BCUT2D eigenvalue weighted by atomic mass is 32.2. The predicted molar refractivity (Wildman–Crippen MR) is 159 cm³/mol. The van der Waals surface area contributed by atoms with E-state index in [1.165, 1.54) is 0 Å². The van der Waals surface area contributed by atoms with E-state index in [9.17, 15) is 18.0 Å². The summed E-state index contributed by atoms with van der Waals surface area (Å²) >= 11 is 0. The lowest BCUT2D eigenvalue weighted by atomic mass is 10.0. The van der Waals surface area contributed by atoms with Crippen LogP contribution in [0.3, 0.4) is 0 Å². The van der Waals surface area contributed by atoms with Crippen LogP contribution < -0.4 is 9.62 Å². The van der Waals surface area contributed by atoms with Crippen molar-refractivity contribution in [2.24, 2.45) is 0 Å². The van der Waals surface area contributed by atoms with Crippen molar-refractivity contribution in [3.05, 3.63) is 101 Å². The molecule has 1 fully saturated rings. The van der Waals surface area contributed by atoms with Crippen molar-refractivity contribution in [3.8, 4) is 0 Å². The smallest absolute Gasteiger partial charge is 0.244 e. The third-order valence-electron chi connectivity index (χ3n) is 7.69. The Morgan fingerprint density at radius 3 is 2.08 bits per heavy atom. The van der Waals surface area contributed by atoms with Gasteiger partial charge in [-0.1, -0.05) is 85.6 Å². The van der Waals surface area contributed by atoms with Crippen LogP contribution in [0.25, 0.3) is 0 Å². The number of carbonyl (C=O) groups is 2. The molecule has 1 aliphatic rings. The van der Waals surface area contributed by atoms with Gasteiger partial charge < -0.3 is 10.2 Å². The zero-order chi connectivity index (χ0) is 28.7. The number of anilines is 1. The van der Waals surface area contributed by atoms with Crippen LogP contribution in [0.15, 0.2) is 78.9 Å². The Kier molecular flexibility index (Phi) is 9.63. The van der Waals surface area contributed by atoms with Crippen molar-refractivity contribution >= 4 is 27.5 Å². The molecule has 1 saturated carbocycles. The van der Waals surface area contributed by atoms with Gasteiger partial charge in [-0.3, -0.25) is 13.9 Å². The molecule has 212 valence electrons. The topological polar surface area (TPSA) is 86.8 Å². The highest BCUT2D eigenvalue weighted by Gasteiger charge is 2.34. The number of nitrogens with one attached hydrogen (secondary N) is 1. The maximum Gasteiger partial charge on any atom is 0.244 e. The molecule has 1 atom stereocenters. The number of carbonyl (C=O) groups excluding carboxylic acids is 2. The van der Waals surface area contributed by atoms with E-state index in [2.05, 4.69) is 5.32 Å². The Hall–Kier alpha value is -3.65. The lowest BCUT2D eigenvalue weighted by molar-refractivity contribution is -0.140. The van der Waals surface area contributed by atoms with Gasteiger partial charge in [0.05, 0.1) is 11.9 Å². The minimum Gasteiger partial charge on any atom is -0.352 e. The standard InChI is InChI=1S/C32H39N3O4S/c1-24-13-12-20-29(25(24)2)35(40(3,38)39)23-31(36)34(22-27-16-8-5-9-17-27)30(21-26-14-6-4-7-15-26)32(37)33-28-18-10-11-19-28/h4-9,12-17,20,28,30H,10-11,18-19,21-23H2,1-3H3,(H,33,37)/t30-/m1/s1. The molecule has 0 aliphatic heterocycles. The fraction of sp³-hybridized carbons (Fsp3) is 0.375. The maximum atomic E-state index is 14.2. The van der Waals surface area contributed by atoms with E-state index in [4.69, 9.17) is 0 Å². The molecule has 3 aromatic rings. The van der Waals surface area contributed by atoms with Gasteiger partial charge in [-0.25, -0.2) is 8.42 Å². The second-order valence-corrected chi connectivity index (χ2v) is 12.6. The number of sulfonamides is 1. The fourth-order valence-electron chi connectivity index (χ4n) is 5.30. The van der Waals surface area contributed by atoms with Crippen molar-refractivity contribution in [2.75, 3.05) is 17.1 Å². The third-order valence-corrected chi connectivity index (χ3v) is 8.82. The third kappa shape index (κ3) is 7.50. The number of amides is 2. The number of nitrogens with zero attached hydrogens (tertiary/aromatic N) is 2. The van der Waals surface area contributed by atoms with Crippen molar-refractivity contribution < 1.29 is 18.0 Å². The van der Waals surface area contributed by atoms with E-state index in [0.717, 1.165) is 58.5 Å². The van der Waals surface area contributed by atoms with Crippen LogP contribution in [0.5, 0.6) is 0 Å². The Bertz CT molecular complexity index is 1400. The average molecular weight is 562 g/mol. The summed E-state index contributed by atoms with van der Waals surface area (Å²) in [5.74, 6) is -0.643. The second kappa shape index (κ2) is 13.1. The molecule has 0 aromatic heterocycles. The van der Waals surface area contributed by atoms with E-state index in [1.807, 2.05) is 80.6 Å². The molecule has 1 aliphatic carbocycles. The zero-order valence-electron chi connectivity index (χ0n) is 23.5. The maximum absolute atomic E-state index is 14.2. The van der Waals surface area contributed by atoms with Crippen LogP contribution in [0.1, 0.15) is 47.9 Å². The first-order chi connectivity index (χ1) is 19.1. The number of aryl methyl sites for hydroxylation is 1. The molecule has 7 nitrogen and oxygen atoms in total. The van der Waals surface area contributed by atoms with Gasteiger partial charge in [-0.15, -0.1) is 0 Å². The van der Waals surface area contributed by atoms with Gasteiger partial charge in [0.25, 0.3) is 0 Å². The molecule has 0 heterocycles. The SMILES string of the molecule is Cc1cccc(N(CC(=O)N(Cc2ccccc2)[C@H](Cc2ccccc2)C(=O)NC2CCCC2)S(C)(=O)=O)c1C. The molecular weight excluding hydrogens is 522 g/mol. The van der Waals surface area contributed by atoms with E-state index >= 15 is 0 Å². The van der Waals surface area contributed by atoms with Crippen molar-refractivity contribution in [3.63, 3.8) is 0 Å². The van der Waals surface area contributed by atoms with Crippen LogP contribution in [0, 0.1) is 13.8 Å². The Morgan fingerprint density at radius 2 is 1.48 bits per heavy atom. The molecule has 40 heavy (non-hydrogen) atoms. The second-order valence-electron chi connectivity index (χ2n) is 10.7. The summed E-state index contributed by atoms with van der Waals surface area (Å²) in [6, 6.07) is 23.8. The summed E-state index contributed by atoms with van der Waals surface area (Å²) < 4.78 is 27.2. The quantitative estimate of drug-likeness (QED) is 0.366. The van der Waals surface area contributed by atoms with Gasteiger partial charge in [0.1, 0.15) is 12.6 Å². The van der Waals surface area contributed by atoms with Gasteiger partial charge >= 0.3 is 0 Å². The summed E-state index contributed by atoms with van der Waals surface area (Å²) in [5, 5.41) is 3.19. The lowest BCUT2D eigenvalue weighted by Crippen LogP contribution is -2.54. The van der Waals surface area contributed by atoms with Crippen molar-refractivity contribution in [2.45, 2.75) is 64.6 Å². The van der Waals surface area contributed by atoms with E-state index in [0.29, 0.717) is 12.1 Å². The van der Waals surface area contributed by atoms with Gasteiger partial charge in [0.2, 0.25) is 21.8 Å². The van der Waals surface area contributed by atoms with E-state index < -0.39 is 28.5 Å². The largest absolute Gasteiger partial charge is 0.352 e. The molecule has 0 bridgehead atoms. The lowest BCUT2D eigenvalue weighted by Gasteiger charge is -2.34. The van der Waals surface area contributed by atoms with Crippen molar-refractivity contribution in [1.29, 1.82) is 0 Å². The minimum atomic E-state index is -3.80. The van der Waals surface area contributed by atoms with E-state index in [-0.39, 0.29) is 18.5 Å². The van der Waals surface area contributed by atoms with Crippen LogP contribution in [0.4, 0.5) is 5.69 Å². The average Bonchev–Trinajstić information content (AvgIpc) is 3.44. The number of benzene rings is 3. The highest BCUT2D eigenvalue weighted by molar-refractivity contribution is 7.92. The monoisotopic (exact) mass is 561 g/mol. The zero-order valence-corrected chi connectivity index (χ0v) is 24.4. The van der Waals surface area contributed by atoms with Crippen LogP contribution >= 0.6 is 0 Å². The first kappa shape index (κ1) is 29.3. The fourth-order valence-corrected chi connectivity index (χ4v) is 6.20.